The van der Waals surface area contributed by atoms with Crippen molar-refractivity contribution in [3.63, 3.8) is 0 Å². The summed E-state index contributed by atoms with van der Waals surface area (Å²) in [4.78, 5) is 30.8. The lowest BCUT2D eigenvalue weighted by molar-refractivity contribution is 0.0921. The number of hydrogen-bond donors (Lipinski definition) is 1. The quantitative estimate of drug-likeness (QED) is 0.193. The zero-order valence-corrected chi connectivity index (χ0v) is 23.9. The number of ether oxygens (including phenoxy) is 1. The van der Waals surface area contributed by atoms with Crippen LogP contribution in [0.3, 0.4) is 0 Å². The third-order valence-electron chi connectivity index (χ3n) is 6.61. The second-order valence-corrected chi connectivity index (χ2v) is 10.6. The van der Waals surface area contributed by atoms with E-state index in [4.69, 9.17) is 14.1 Å². The Bertz CT molecular complexity index is 1420. The van der Waals surface area contributed by atoms with Crippen molar-refractivity contribution in [1.82, 2.24) is 25.2 Å². The fraction of sp³-hybridized carbons (Fsp3) is 0.290. The van der Waals surface area contributed by atoms with Gasteiger partial charge >= 0.3 is 0 Å². The van der Waals surface area contributed by atoms with Crippen LogP contribution in [0.2, 0.25) is 0 Å². The molecule has 4 heterocycles. The van der Waals surface area contributed by atoms with E-state index in [0.717, 1.165) is 49.8 Å². The van der Waals surface area contributed by atoms with Crippen LogP contribution >= 0.6 is 11.8 Å². The molecule has 0 saturated carbocycles. The van der Waals surface area contributed by atoms with Crippen LogP contribution < -0.4 is 10.2 Å². The molecule has 1 aliphatic heterocycles. The Morgan fingerprint density at radius 2 is 1.93 bits per heavy atom. The predicted molar refractivity (Wildman–Crippen MR) is 161 cm³/mol. The number of carbonyl (C=O) groups is 1. The average molecular weight is 571 g/mol. The highest BCUT2D eigenvalue weighted by Crippen LogP contribution is 2.25. The Morgan fingerprint density at radius 3 is 2.71 bits per heavy atom. The van der Waals surface area contributed by atoms with Crippen molar-refractivity contribution in [1.29, 1.82) is 0 Å². The first-order valence-corrected chi connectivity index (χ1v) is 14.6. The molecule has 1 aromatic carbocycles. The Balaban J connectivity index is 1.14. The van der Waals surface area contributed by atoms with Gasteiger partial charge < -0.3 is 19.4 Å². The molecular weight excluding hydrogens is 536 g/mol. The number of thioether (sulfide) groups is 1. The zero-order valence-electron chi connectivity index (χ0n) is 23.1. The van der Waals surface area contributed by atoms with Gasteiger partial charge in [0.05, 0.1) is 18.1 Å². The summed E-state index contributed by atoms with van der Waals surface area (Å²) in [5, 5.41) is 3.51. The molecule has 0 aliphatic carbocycles. The van der Waals surface area contributed by atoms with E-state index in [-0.39, 0.29) is 11.7 Å². The number of methoxy groups -OCH3 is 1. The number of carbonyl (C=O) groups excluding carboxylic acids is 1. The van der Waals surface area contributed by atoms with Crippen molar-refractivity contribution in [2.45, 2.75) is 24.1 Å². The molecule has 1 saturated heterocycles. The number of nitrogens with one attached hydrogen (secondary N) is 1. The van der Waals surface area contributed by atoms with Crippen molar-refractivity contribution < 1.29 is 13.9 Å². The lowest BCUT2D eigenvalue weighted by Gasteiger charge is -2.35. The van der Waals surface area contributed by atoms with Gasteiger partial charge in [0.1, 0.15) is 11.6 Å². The number of furan rings is 1. The van der Waals surface area contributed by atoms with Gasteiger partial charge in [-0.2, -0.15) is 0 Å². The van der Waals surface area contributed by atoms with Crippen LogP contribution in [0.1, 0.15) is 33.1 Å². The smallest absolute Gasteiger partial charge is 0.287 e. The highest BCUT2D eigenvalue weighted by atomic mass is 32.2. The van der Waals surface area contributed by atoms with Crippen LogP contribution in [-0.4, -0.2) is 65.6 Å². The van der Waals surface area contributed by atoms with Crippen LogP contribution in [-0.2, 0) is 23.6 Å². The minimum Gasteiger partial charge on any atom is -0.455 e. The summed E-state index contributed by atoms with van der Waals surface area (Å²) in [6, 6.07) is 19.6. The number of hydrogen-bond acceptors (Lipinski definition) is 9. The molecule has 1 fully saturated rings. The molecule has 1 N–H and O–H groups in total. The molecule has 1 amide bonds. The van der Waals surface area contributed by atoms with E-state index >= 15 is 0 Å². The van der Waals surface area contributed by atoms with Gasteiger partial charge in [-0.3, -0.25) is 14.7 Å². The number of pyridine rings is 1. The fourth-order valence-corrected chi connectivity index (χ4v) is 5.22. The van der Waals surface area contributed by atoms with Crippen molar-refractivity contribution in [2.24, 2.45) is 0 Å². The highest BCUT2D eigenvalue weighted by molar-refractivity contribution is 7.98. The molecule has 10 heteroatoms. The van der Waals surface area contributed by atoms with Crippen molar-refractivity contribution in [2.75, 3.05) is 44.7 Å². The first-order chi connectivity index (χ1) is 20.2. The Morgan fingerprint density at radius 1 is 1.07 bits per heavy atom. The second kappa shape index (κ2) is 14.6. The van der Waals surface area contributed by atoms with Crippen LogP contribution in [0.15, 0.2) is 88.7 Å². The molecular formula is C31H34N6O3S. The van der Waals surface area contributed by atoms with Crippen LogP contribution in [0.25, 0.3) is 6.08 Å². The second-order valence-electron chi connectivity index (χ2n) is 9.63. The summed E-state index contributed by atoms with van der Waals surface area (Å²) in [5.41, 5.74) is 2.98. The van der Waals surface area contributed by atoms with E-state index < -0.39 is 0 Å². The van der Waals surface area contributed by atoms with Gasteiger partial charge in [0, 0.05) is 64.8 Å². The summed E-state index contributed by atoms with van der Waals surface area (Å²) in [7, 11) is 1.67. The van der Waals surface area contributed by atoms with Gasteiger partial charge in [-0.05, 0) is 29.3 Å². The molecule has 212 valence electrons. The maximum absolute atomic E-state index is 12.5. The van der Waals surface area contributed by atoms with Gasteiger partial charge in [-0.1, -0.05) is 60.3 Å². The molecule has 41 heavy (non-hydrogen) atoms. The molecule has 0 spiro atoms. The van der Waals surface area contributed by atoms with E-state index in [9.17, 15) is 4.79 Å². The van der Waals surface area contributed by atoms with E-state index in [1.807, 2.05) is 30.3 Å². The van der Waals surface area contributed by atoms with Gasteiger partial charge in [0.2, 0.25) is 0 Å². The maximum atomic E-state index is 12.5. The monoisotopic (exact) mass is 570 g/mol. The third-order valence-corrected chi connectivity index (χ3v) is 7.48. The number of aromatic nitrogens is 3. The Labute approximate surface area is 244 Å². The number of nitrogens with zero attached hydrogens (tertiary/aromatic N) is 5. The average Bonchev–Trinajstić information content (AvgIpc) is 3.50. The van der Waals surface area contributed by atoms with Crippen LogP contribution in [0.5, 0.6) is 0 Å². The van der Waals surface area contributed by atoms with E-state index in [0.29, 0.717) is 29.8 Å². The molecule has 0 radical (unpaired) electrons. The molecule has 5 rings (SSSR count). The largest absolute Gasteiger partial charge is 0.455 e. The minimum atomic E-state index is -0.263. The SMILES string of the molecule is COCc1cc(N2CCN(C/C=C/c3ccccc3)CC2)nc(SCc2ccc(C(=O)NCc3cccnc3)o2)n1. The van der Waals surface area contributed by atoms with Gasteiger partial charge in [0.15, 0.2) is 10.9 Å². The molecule has 0 atom stereocenters. The lowest BCUT2D eigenvalue weighted by atomic mass is 10.2. The summed E-state index contributed by atoms with van der Waals surface area (Å²) in [6.45, 7) is 5.43. The summed E-state index contributed by atoms with van der Waals surface area (Å²) < 4.78 is 11.2. The topological polar surface area (TPSA) is 96.6 Å². The van der Waals surface area contributed by atoms with Crippen molar-refractivity contribution >= 4 is 29.6 Å². The van der Waals surface area contributed by atoms with Gasteiger partial charge in [-0.25, -0.2) is 9.97 Å². The van der Waals surface area contributed by atoms with E-state index in [1.54, 1.807) is 25.6 Å². The Hall–Kier alpha value is -3.99. The van der Waals surface area contributed by atoms with Gasteiger partial charge in [0.25, 0.3) is 5.91 Å². The van der Waals surface area contributed by atoms with E-state index in [2.05, 4.69) is 61.5 Å². The molecule has 0 bridgehead atoms. The fourth-order valence-electron chi connectivity index (χ4n) is 4.45. The highest BCUT2D eigenvalue weighted by Gasteiger charge is 2.19. The van der Waals surface area contributed by atoms with Gasteiger partial charge in [-0.15, -0.1) is 0 Å². The first-order valence-electron chi connectivity index (χ1n) is 13.6. The molecule has 4 aromatic rings. The number of amides is 1. The van der Waals surface area contributed by atoms with Crippen molar-refractivity contribution in [3.05, 3.63) is 107 Å². The van der Waals surface area contributed by atoms with Crippen LogP contribution in [0, 0.1) is 0 Å². The summed E-state index contributed by atoms with van der Waals surface area (Å²) in [6.07, 6.45) is 7.83. The number of rotatable bonds is 12. The number of benzene rings is 1. The number of anilines is 1. The minimum absolute atomic E-state index is 0.263. The predicted octanol–water partition coefficient (Wildman–Crippen LogP) is 4.67. The lowest BCUT2D eigenvalue weighted by Crippen LogP contribution is -2.46. The maximum Gasteiger partial charge on any atom is 0.287 e. The zero-order chi connectivity index (χ0) is 28.3. The molecule has 3 aromatic heterocycles. The number of piperazine rings is 1. The van der Waals surface area contributed by atoms with Crippen LogP contribution in [0.4, 0.5) is 5.82 Å². The molecule has 0 unspecified atom stereocenters. The molecule has 9 nitrogen and oxygen atoms in total. The summed E-state index contributed by atoms with van der Waals surface area (Å²) >= 11 is 1.48. The summed E-state index contributed by atoms with van der Waals surface area (Å²) in [5.74, 6) is 2.11. The standard InChI is InChI=1S/C31H34N6O3S/c1-39-22-26-19-29(37-17-15-36(16-18-37)14-6-10-24-7-3-2-4-8-24)35-31(34-26)41-23-27-11-12-28(40-27)30(38)33-21-25-9-5-13-32-20-25/h2-13,19-20H,14-18,21-23H2,1H3,(H,33,38)/b10-6+. The Kier molecular flexibility index (Phi) is 10.2. The van der Waals surface area contributed by atoms with E-state index in [1.165, 1.54) is 17.3 Å². The normalized spacial score (nSPS) is 14.0. The van der Waals surface area contributed by atoms with Crippen molar-refractivity contribution in [3.8, 4) is 0 Å². The molecule has 1 aliphatic rings. The third kappa shape index (κ3) is 8.50. The first kappa shape index (κ1) is 28.5.